The van der Waals surface area contributed by atoms with Crippen molar-refractivity contribution in [1.29, 1.82) is 0 Å². The maximum absolute atomic E-state index is 4.50. The average molecular weight is 157 g/mol. The molecule has 1 saturated carbocycles. The summed E-state index contributed by atoms with van der Waals surface area (Å²) in [6.45, 7) is 4.71. The molecule has 1 nitrogen and oxygen atoms in total. The fraction of sp³-hybridized carbons (Fsp3) is 1.00. The summed E-state index contributed by atoms with van der Waals surface area (Å²) < 4.78 is 0. The minimum atomic E-state index is 0.935. The van der Waals surface area contributed by atoms with Crippen LogP contribution in [0.25, 0.3) is 0 Å². The van der Waals surface area contributed by atoms with Crippen LogP contribution in [-0.4, -0.2) is 7.05 Å². The van der Waals surface area contributed by atoms with Crippen LogP contribution in [0, 0.1) is 11.8 Å². The Morgan fingerprint density at radius 3 is 1.73 bits per heavy atom. The molecule has 68 valence electrons. The van der Waals surface area contributed by atoms with Crippen LogP contribution in [0.2, 0.25) is 0 Å². The van der Waals surface area contributed by atoms with Gasteiger partial charge in [-0.05, 0) is 18.9 Å². The van der Waals surface area contributed by atoms with Crippen molar-refractivity contribution in [3.8, 4) is 0 Å². The number of rotatable bonds is 1. The molecule has 11 heavy (non-hydrogen) atoms. The van der Waals surface area contributed by atoms with E-state index < -0.39 is 0 Å². The van der Waals surface area contributed by atoms with E-state index in [0.29, 0.717) is 0 Å². The minimum Gasteiger partial charge on any atom is -0.333 e. The second-order valence-corrected chi connectivity index (χ2v) is 3.64. The topological polar surface area (TPSA) is 26.0 Å². The van der Waals surface area contributed by atoms with Gasteiger partial charge in [0.05, 0.1) is 0 Å². The summed E-state index contributed by atoms with van der Waals surface area (Å²) in [7, 11) is 1.50. The summed E-state index contributed by atoms with van der Waals surface area (Å²) in [6, 6.07) is 0. The Kier molecular flexibility index (Phi) is 6.63. The van der Waals surface area contributed by atoms with E-state index in [4.69, 9.17) is 0 Å². The van der Waals surface area contributed by atoms with Crippen LogP contribution in [0.5, 0.6) is 0 Å². The van der Waals surface area contributed by atoms with Crippen LogP contribution in [0.4, 0.5) is 0 Å². The second kappa shape index (κ2) is 6.66. The zero-order valence-corrected chi connectivity index (χ0v) is 8.27. The summed E-state index contributed by atoms with van der Waals surface area (Å²) in [5, 5.41) is 0. The molecule has 1 rings (SSSR count). The van der Waals surface area contributed by atoms with Gasteiger partial charge < -0.3 is 5.73 Å². The normalized spacial score (nSPS) is 19.4. The second-order valence-electron chi connectivity index (χ2n) is 3.64. The molecule has 0 aromatic rings. The van der Waals surface area contributed by atoms with Crippen molar-refractivity contribution in [2.45, 2.75) is 46.0 Å². The van der Waals surface area contributed by atoms with Crippen LogP contribution in [0.1, 0.15) is 46.0 Å². The lowest BCUT2D eigenvalue weighted by Gasteiger charge is -2.24. The van der Waals surface area contributed by atoms with Crippen LogP contribution < -0.4 is 5.73 Å². The first-order valence-electron chi connectivity index (χ1n) is 4.88. The first kappa shape index (κ1) is 11.0. The summed E-state index contributed by atoms with van der Waals surface area (Å²) in [6.07, 6.45) is 7.46. The molecule has 0 heterocycles. The number of hydrogen-bond donors (Lipinski definition) is 1. The van der Waals surface area contributed by atoms with E-state index in [1.54, 1.807) is 0 Å². The van der Waals surface area contributed by atoms with E-state index in [-0.39, 0.29) is 0 Å². The molecule has 0 atom stereocenters. The predicted octanol–water partition coefficient (Wildman–Crippen LogP) is 2.80. The van der Waals surface area contributed by atoms with E-state index in [9.17, 15) is 0 Å². The maximum Gasteiger partial charge on any atom is -0.0195 e. The van der Waals surface area contributed by atoms with E-state index >= 15 is 0 Å². The first-order chi connectivity index (χ1) is 5.30. The Morgan fingerprint density at radius 2 is 1.45 bits per heavy atom. The molecular formula is C10H23N. The van der Waals surface area contributed by atoms with Crippen molar-refractivity contribution in [3.63, 3.8) is 0 Å². The molecule has 0 unspecified atom stereocenters. The van der Waals surface area contributed by atoms with Gasteiger partial charge in [-0.25, -0.2) is 0 Å². The van der Waals surface area contributed by atoms with Crippen molar-refractivity contribution in [2.24, 2.45) is 17.6 Å². The fourth-order valence-corrected chi connectivity index (χ4v) is 1.80. The highest BCUT2D eigenvalue weighted by atomic mass is 14.4. The Labute approximate surface area is 71.4 Å². The maximum atomic E-state index is 4.50. The lowest BCUT2D eigenvalue weighted by atomic mass is 9.82. The molecule has 0 spiro atoms. The zero-order chi connectivity index (χ0) is 8.69. The van der Waals surface area contributed by atoms with Gasteiger partial charge in [0, 0.05) is 0 Å². The van der Waals surface area contributed by atoms with Crippen LogP contribution >= 0.6 is 0 Å². The van der Waals surface area contributed by atoms with Crippen molar-refractivity contribution in [2.75, 3.05) is 7.05 Å². The van der Waals surface area contributed by atoms with Gasteiger partial charge in [-0.2, -0.15) is 0 Å². The largest absolute Gasteiger partial charge is 0.333 e. The van der Waals surface area contributed by atoms with Gasteiger partial charge in [-0.15, -0.1) is 0 Å². The standard InChI is InChI=1S/C9H18.CH5N/c1-8(2)9-6-4-3-5-7-9;1-2/h8-9H,3-7H2,1-2H3;2H2,1H3. The lowest BCUT2D eigenvalue weighted by Crippen LogP contribution is -2.12. The zero-order valence-electron chi connectivity index (χ0n) is 8.27. The highest BCUT2D eigenvalue weighted by Gasteiger charge is 2.15. The third kappa shape index (κ3) is 4.41. The summed E-state index contributed by atoms with van der Waals surface area (Å²) in [5.41, 5.74) is 4.50. The van der Waals surface area contributed by atoms with Crippen molar-refractivity contribution >= 4 is 0 Å². The van der Waals surface area contributed by atoms with E-state index in [1.807, 2.05) is 0 Å². The predicted molar refractivity (Wildman–Crippen MR) is 51.5 cm³/mol. The molecule has 1 aliphatic carbocycles. The van der Waals surface area contributed by atoms with E-state index in [0.717, 1.165) is 11.8 Å². The molecule has 0 aliphatic heterocycles. The quantitative estimate of drug-likeness (QED) is 0.622. The van der Waals surface area contributed by atoms with Gasteiger partial charge in [0.1, 0.15) is 0 Å². The van der Waals surface area contributed by atoms with E-state index in [1.165, 1.54) is 39.2 Å². The lowest BCUT2D eigenvalue weighted by molar-refractivity contribution is 0.279. The molecule has 0 saturated heterocycles. The Balaban J connectivity index is 0.000000461. The van der Waals surface area contributed by atoms with Crippen molar-refractivity contribution < 1.29 is 0 Å². The van der Waals surface area contributed by atoms with E-state index in [2.05, 4.69) is 19.6 Å². The van der Waals surface area contributed by atoms with Gasteiger partial charge in [0.15, 0.2) is 0 Å². The Bertz CT molecular complexity index is 72.9. The molecule has 0 bridgehead atoms. The van der Waals surface area contributed by atoms with Gasteiger partial charge in [0.2, 0.25) is 0 Å². The summed E-state index contributed by atoms with van der Waals surface area (Å²) in [5.74, 6) is 1.99. The van der Waals surface area contributed by atoms with Crippen LogP contribution in [0.3, 0.4) is 0 Å². The van der Waals surface area contributed by atoms with Gasteiger partial charge in [-0.1, -0.05) is 46.0 Å². The summed E-state index contributed by atoms with van der Waals surface area (Å²) in [4.78, 5) is 0. The highest BCUT2D eigenvalue weighted by molar-refractivity contribution is 4.67. The van der Waals surface area contributed by atoms with Gasteiger partial charge >= 0.3 is 0 Å². The molecule has 1 fully saturated rings. The third-order valence-electron chi connectivity index (χ3n) is 2.59. The van der Waals surface area contributed by atoms with Crippen LogP contribution in [-0.2, 0) is 0 Å². The first-order valence-corrected chi connectivity index (χ1v) is 4.88. The SMILES string of the molecule is CC(C)C1CCCCC1.CN. The number of hydrogen-bond acceptors (Lipinski definition) is 1. The molecule has 0 aromatic heterocycles. The minimum absolute atomic E-state index is 0.935. The molecule has 0 radical (unpaired) electrons. The fourth-order valence-electron chi connectivity index (χ4n) is 1.80. The monoisotopic (exact) mass is 157 g/mol. The molecule has 1 aliphatic rings. The highest BCUT2D eigenvalue weighted by Crippen LogP contribution is 2.29. The van der Waals surface area contributed by atoms with Crippen molar-refractivity contribution in [3.05, 3.63) is 0 Å². The smallest absolute Gasteiger partial charge is 0.0195 e. The molecule has 0 aromatic carbocycles. The Hall–Kier alpha value is -0.0400. The number of nitrogens with two attached hydrogens (primary N) is 1. The summed E-state index contributed by atoms with van der Waals surface area (Å²) >= 11 is 0. The molecule has 2 N–H and O–H groups in total. The van der Waals surface area contributed by atoms with Crippen LogP contribution in [0.15, 0.2) is 0 Å². The third-order valence-corrected chi connectivity index (χ3v) is 2.59. The molecule has 1 heteroatoms. The average Bonchev–Trinajstić information content (AvgIpc) is 2.10. The Morgan fingerprint density at radius 1 is 1.00 bits per heavy atom. The molecule has 0 amide bonds. The van der Waals surface area contributed by atoms with Gasteiger partial charge in [0.25, 0.3) is 0 Å². The van der Waals surface area contributed by atoms with Crippen molar-refractivity contribution in [1.82, 2.24) is 0 Å². The molecular weight excluding hydrogens is 134 g/mol. The van der Waals surface area contributed by atoms with Gasteiger partial charge in [-0.3, -0.25) is 0 Å².